The summed E-state index contributed by atoms with van der Waals surface area (Å²) < 4.78 is 0. The molecule has 0 bridgehead atoms. The highest BCUT2D eigenvalue weighted by molar-refractivity contribution is 6.30. The van der Waals surface area contributed by atoms with Crippen LogP contribution in [0.4, 0.5) is 10.5 Å². The first-order valence-corrected chi connectivity index (χ1v) is 7.42. The largest absolute Gasteiger partial charge is 0.326 e. The van der Waals surface area contributed by atoms with Crippen molar-refractivity contribution < 1.29 is 14.4 Å². The minimum Gasteiger partial charge on any atom is -0.326 e. The topological polar surface area (TPSA) is 78.5 Å². The van der Waals surface area contributed by atoms with Gasteiger partial charge in [0.1, 0.15) is 12.6 Å². The number of nitrogens with zero attached hydrogens (tertiary/aromatic N) is 1. The van der Waals surface area contributed by atoms with Crippen LogP contribution in [-0.2, 0) is 9.59 Å². The number of imide groups is 1. The van der Waals surface area contributed by atoms with E-state index in [1.807, 2.05) is 13.8 Å². The monoisotopic (exact) mass is 323 g/mol. The Balaban J connectivity index is 1.95. The van der Waals surface area contributed by atoms with Gasteiger partial charge in [0.25, 0.3) is 5.91 Å². The molecule has 1 aliphatic heterocycles. The van der Waals surface area contributed by atoms with E-state index in [0.29, 0.717) is 17.1 Å². The fraction of sp³-hybridized carbons (Fsp3) is 0.400. The van der Waals surface area contributed by atoms with E-state index in [4.69, 9.17) is 11.6 Å². The van der Waals surface area contributed by atoms with Crippen LogP contribution in [0.3, 0.4) is 0 Å². The summed E-state index contributed by atoms with van der Waals surface area (Å²) in [6.07, 6.45) is 0.555. The molecule has 22 heavy (non-hydrogen) atoms. The van der Waals surface area contributed by atoms with Crippen LogP contribution < -0.4 is 10.6 Å². The average molecular weight is 324 g/mol. The smallest absolute Gasteiger partial charge is 0.325 e. The average Bonchev–Trinajstić information content (AvgIpc) is 2.68. The van der Waals surface area contributed by atoms with E-state index in [9.17, 15) is 14.4 Å². The Kier molecular flexibility index (Phi) is 5.03. The second-order valence-electron chi connectivity index (χ2n) is 5.61. The van der Waals surface area contributed by atoms with Crippen molar-refractivity contribution in [3.05, 3.63) is 29.3 Å². The third-order valence-electron chi connectivity index (χ3n) is 3.24. The highest BCUT2D eigenvalue weighted by atomic mass is 35.5. The van der Waals surface area contributed by atoms with E-state index < -0.39 is 18.0 Å². The zero-order valence-corrected chi connectivity index (χ0v) is 13.2. The molecule has 118 valence electrons. The first-order chi connectivity index (χ1) is 10.4. The fourth-order valence-electron chi connectivity index (χ4n) is 2.24. The van der Waals surface area contributed by atoms with Crippen LogP contribution in [0.15, 0.2) is 24.3 Å². The number of amides is 4. The molecule has 0 aromatic heterocycles. The maximum absolute atomic E-state index is 12.1. The summed E-state index contributed by atoms with van der Waals surface area (Å²) in [4.78, 5) is 36.8. The van der Waals surface area contributed by atoms with Crippen molar-refractivity contribution in [2.45, 2.75) is 26.3 Å². The van der Waals surface area contributed by atoms with Crippen LogP contribution in [0, 0.1) is 5.92 Å². The third-order valence-corrected chi connectivity index (χ3v) is 3.50. The highest BCUT2D eigenvalue weighted by Crippen LogP contribution is 2.15. The quantitative estimate of drug-likeness (QED) is 0.816. The molecule has 1 atom stereocenters. The predicted molar refractivity (Wildman–Crippen MR) is 83.6 cm³/mol. The molecular formula is C15H18ClN3O3. The number of carbonyl (C=O) groups is 3. The Morgan fingerprint density at radius 1 is 1.32 bits per heavy atom. The van der Waals surface area contributed by atoms with Crippen LogP contribution in [0.5, 0.6) is 0 Å². The maximum atomic E-state index is 12.1. The Morgan fingerprint density at radius 3 is 2.55 bits per heavy atom. The van der Waals surface area contributed by atoms with Gasteiger partial charge in [-0.1, -0.05) is 25.4 Å². The SMILES string of the molecule is CC(C)C[C@H]1NC(=O)N(CC(=O)Nc2ccc(Cl)cc2)C1=O. The van der Waals surface area contributed by atoms with Crippen molar-refractivity contribution in [3.63, 3.8) is 0 Å². The second-order valence-corrected chi connectivity index (χ2v) is 6.05. The number of carbonyl (C=O) groups excluding carboxylic acids is 3. The van der Waals surface area contributed by atoms with Crippen LogP contribution in [-0.4, -0.2) is 35.3 Å². The minimum absolute atomic E-state index is 0.275. The van der Waals surface area contributed by atoms with Gasteiger partial charge in [-0.25, -0.2) is 4.79 Å². The molecule has 1 fully saturated rings. The molecule has 0 spiro atoms. The summed E-state index contributed by atoms with van der Waals surface area (Å²) in [6.45, 7) is 3.63. The second kappa shape index (κ2) is 6.79. The van der Waals surface area contributed by atoms with Crippen molar-refractivity contribution >= 4 is 35.1 Å². The molecule has 2 rings (SSSR count). The maximum Gasteiger partial charge on any atom is 0.325 e. The van der Waals surface area contributed by atoms with Gasteiger partial charge in [0, 0.05) is 10.7 Å². The highest BCUT2D eigenvalue weighted by Gasteiger charge is 2.38. The van der Waals surface area contributed by atoms with Gasteiger partial charge in [0.2, 0.25) is 5.91 Å². The molecule has 1 aromatic carbocycles. The molecule has 0 saturated carbocycles. The van der Waals surface area contributed by atoms with Crippen LogP contribution in [0.25, 0.3) is 0 Å². The van der Waals surface area contributed by atoms with Crippen molar-refractivity contribution in [2.75, 3.05) is 11.9 Å². The van der Waals surface area contributed by atoms with Crippen molar-refractivity contribution in [3.8, 4) is 0 Å². The van der Waals surface area contributed by atoms with Crippen LogP contribution in [0.1, 0.15) is 20.3 Å². The number of nitrogens with one attached hydrogen (secondary N) is 2. The van der Waals surface area contributed by atoms with Crippen molar-refractivity contribution in [2.24, 2.45) is 5.92 Å². The summed E-state index contributed by atoms with van der Waals surface area (Å²) in [5.74, 6) is -0.516. The van der Waals surface area contributed by atoms with E-state index in [-0.39, 0.29) is 18.4 Å². The Labute approximate surface area is 133 Å². The van der Waals surface area contributed by atoms with Gasteiger partial charge in [0.15, 0.2) is 0 Å². The number of anilines is 1. The molecule has 1 aromatic rings. The Bertz CT molecular complexity index is 586. The van der Waals surface area contributed by atoms with Gasteiger partial charge in [-0.05, 0) is 36.6 Å². The minimum atomic E-state index is -0.546. The molecule has 0 unspecified atom stereocenters. The number of hydrogen-bond donors (Lipinski definition) is 2. The van der Waals surface area contributed by atoms with E-state index in [1.54, 1.807) is 24.3 Å². The molecule has 1 heterocycles. The molecule has 6 nitrogen and oxygen atoms in total. The summed E-state index contributed by atoms with van der Waals surface area (Å²) in [5, 5.41) is 5.78. The molecule has 0 radical (unpaired) electrons. The molecule has 4 amide bonds. The van der Waals surface area contributed by atoms with Gasteiger partial charge >= 0.3 is 6.03 Å². The van der Waals surface area contributed by atoms with Gasteiger partial charge in [-0.15, -0.1) is 0 Å². The van der Waals surface area contributed by atoms with Gasteiger partial charge in [0.05, 0.1) is 0 Å². The first-order valence-electron chi connectivity index (χ1n) is 7.04. The van der Waals surface area contributed by atoms with E-state index in [2.05, 4.69) is 10.6 Å². The van der Waals surface area contributed by atoms with Crippen molar-refractivity contribution in [1.29, 1.82) is 0 Å². The Morgan fingerprint density at radius 2 is 1.95 bits per heavy atom. The van der Waals surface area contributed by atoms with Gasteiger partial charge in [-0.3, -0.25) is 14.5 Å². The van der Waals surface area contributed by atoms with Gasteiger partial charge < -0.3 is 10.6 Å². The molecule has 0 aliphatic carbocycles. The Hall–Kier alpha value is -2.08. The van der Waals surface area contributed by atoms with Crippen LogP contribution in [0.2, 0.25) is 5.02 Å². The fourth-order valence-corrected chi connectivity index (χ4v) is 2.36. The third kappa shape index (κ3) is 3.98. The molecule has 1 aliphatic rings. The lowest BCUT2D eigenvalue weighted by Crippen LogP contribution is -2.38. The van der Waals surface area contributed by atoms with Crippen LogP contribution >= 0.6 is 11.6 Å². The first kappa shape index (κ1) is 16.3. The lowest BCUT2D eigenvalue weighted by atomic mass is 10.0. The summed E-state index contributed by atoms with van der Waals surface area (Å²) in [6, 6.07) is 5.51. The zero-order valence-electron chi connectivity index (χ0n) is 12.4. The zero-order chi connectivity index (χ0) is 16.3. The molecule has 7 heteroatoms. The van der Waals surface area contributed by atoms with Gasteiger partial charge in [-0.2, -0.15) is 0 Å². The lowest BCUT2D eigenvalue weighted by molar-refractivity contribution is -0.131. The lowest BCUT2D eigenvalue weighted by Gasteiger charge is -2.13. The van der Waals surface area contributed by atoms with E-state index in [1.165, 1.54) is 0 Å². The van der Waals surface area contributed by atoms with Crippen molar-refractivity contribution in [1.82, 2.24) is 10.2 Å². The number of rotatable bonds is 5. The predicted octanol–water partition coefficient (Wildman–Crippen LogP) is 2.25. The standard InChI is InChI=1S/C15H18ClN3O3/c1-9(2)7-12-14(21)19(15(22)18-12)8-13(20)17-11-5-3-10(16)4-6-11/h3-6,9,12H,7-8H2,1-2H3,(H,17,20)(H,18,22)/t12-/m1/s1. The number of urea groups is 1. The molecular weight excluding hydrogens is 306 g/mol. The number of halogens is 1. The van der Waals surface area contributed by atoms with E-state index >= 15 is 0 Å². The normalized spacial score (nSPS) is 17.8. The number of benzene rings is 1. The summed E-state index contributed by atoms with van der Waals surface area (Å²) in [7, 11) is 0. The molecule has 1 saturated heterocycles. The molecule has 2 N–H and O–H groups in total. The summed E-state index contributed by atoms with van der Waals surface area (Å²) >= 11 is 5.76. The van der Waals surface area contributed by atoms with E-state index in [0.717, 1.165) is 4.90 Å². The number of hydrogen-bond acceptors (Lipinski definition) is 3. The summed E-state index contributed by atoms with van der Waals surface area (Å²) in [5.41, 5.74) is 0.556.